The van der Waals surface area contributed by atoms with Gasteiger partial charge in [0.2, 0.25) is 0 Å². The molecule has 1 heteroatoms. The predicted molar refractivity (Wildman–Crippen MR) is 62.3 cm³/mol. The Kier molecular flexibility index (Phi) is 3.57. The lowest BCUT2D eigenvalue weighted by Crippen LogP contribution is -1.81. The van der Waals surface area contributed by atoms with E-state index in [0.29, 0.717) is 0 Å². The van der Waals surface area contributed by atoms with Crippen molar-refractivity contribution < 1.29 is 0 Å². The maximum atomic E-state index is 4.19. The van der Waals surface area contributed by atoms with Gasteiger partial charge in [-0.1, -0.05) is 24.5 Å². The molecule has 0 aromatic carbocycles. The van der Waals surface area contributed by atoms with E-state index in [2.05, 4.69) is 22.9 Å². The fourth-order valence-electron chi connectivity index (χ4n) is 1.71. The average Bonchev–Trinajstić information content (AvgIpc) is 2.56. The minimum Gasteiger partial charge on any atom is -0.248 e. The Morgan fingerprint density at radius 2 is 2.07 bits per heavy atom. The van der Waals surface area contributed by atoms with Gasteiger partial charge in [0.25, 0.3) is 0 Å². The summed E-state index contributed by atoms with van der Waals surface area (Å²) in [5.74, 6) is 6.34. The number of allylic oxidation sites excluding steroid dienone is 2. The summed E-state index contributed by atoms with van der Waals surface area (Å²) in [6.07, 6.45) is 10.3. The summed E-state index contributed by atoms with van der Waals surface area (Å²) in [5, 5.41) is 0. The molecule has 0 fully saturated rings. The second-order valence-electron chi connectivity index (χ2n) is 3.79. The van der Waals surface area contributed by atoms with Gasteiger partial charge >= 0.3 is 0 Å². The fraction of sp³-hybridized carbons (Fsp3) is 0.357. The van der Waals surface area contributed by atoms with Gasteiger partial charge in [0.05, 0.1) is 0 Å². The van der Waals surface area contributed by atoms with Gasteiger partial charge in [-0.3, -0.25) is 0 Å². The normalized spacial score (nSPS) is 15.9. The molecular formula is C14H15N. The summed E-state index contributed by atoms with van der Waals surface area (Å²) in [7, 11) is 0. The van der Waals surface area contributed by atoms with Crippen LogP contribution < -0.4 is 0 Å². The summed E-state index contributed by atoms with van der Waals surface area (Å²) in [5.41, 5.74) is 2.15. The number of aromatic nitrogens is 1. The summed E-state index contributed by atoms with van der Waals surface area (Å²) in [6.45, 7) is 0. The van der Waals surface area contributed by atoms with Crippen LogP contribution >= 0.6 is 0 Å². The SMILES string of the molecule is C(#Cc1ccccn1)C1=CCCCCC1. The lowest BCUT2D eigenvalue weighted by Gasteiger charge is -1.93. The Labute approximate surface area is 91.2 Å². The van der Waals surface area contributed by atoms with Gasteiger partial charge in [-0.25, -0.2) is 4.98 Å². The van der Waals surface area contributed by atoms with Crippen molar-refractivity contribution >= 4 is 0 Å². The van der Waals surface area contributed by atoms with Gasteiger partial charge in [-0.05, 0) is 49.3 Å². The van der Waals surface area contributed by atoms with E-state index in [9.17, 15) is 0 Å². The van der Waals surface area contributed by atoms with Crippen LogP contribution in [0, 0.1) is 11.8 Å². The fourth-order valence-corrected chi connectivity index (χ4v) is 1.71. The van der Waals surface area contributed by atoms with Gasteiger partial charge in [0.15, 0.2) is 0 Å². The minimum atomic E-state index is 0.864. The van der Waals surface area contributed by atoms with Crippen LogP contribution in [0.2, 0.25) is 0 Å². The van der Waals surface area contributed by atoms with E-state index < -0.39 is 0 Å². The number of pyridine rings is 1. The van der Waals surface area contributed by atoms with Gasteiger partial charge in [0, 0.05) is 6.20 Å². The van der Waals surface area contributed by atoms with Crippen LogP contribution in [0.1, 0.15) is 37.8 Å². The highest BCUT2D eigenvalue weighted by Gasteiger charge is 1.99. The minimum absolute atomic E-state index is 0.864. The van der Waals surface area contributed by atoms with Gasteiger partial charge < -0.3 is 0 Å². The van der Waals surface area contributed by atoms with E-state index in [-0.39, 0.29) is 0 Å². The van der Waals surface area contributed by atoms with Crippen molar-refractivity contribution in [3.8, 4) is 11.8 Å². The molecule has 0 amide bonds. The molecule has 0 atom stereocenters. The van der Waals surface area contributed by atoms with E-state index in [0.717, 1.165) is 12.1 Å². The Bertz CT molecular complexity index is 392. The molecule has 76 valence electrons. The molecule has 0 N–H and O–H groups in total. The van der Waals surface area contributed by atoms with Crippen molar-refractivity contribution in [1.29, 1.82) is 0 Å². The van der Waals surface area contributed by atoms with Crippen molar-refractivity contribution in [2.75, 3.05) is 0 Å². The van der Waals surface area contributed by atoms with Gasteiger partial charge in [0.1, 0.15) is 5.69 Å². The standard InChI is InChI=1S/C14H15N/c1-2-4-8-13(7-3-1)10-11-14-9-5-6-12-15-14/h5-7,9,12H,1-4,8H2. The molecule has 1 nitrogen and oxygen atoms in total. The average molecular weight is 197 g/mol. The molecule has 1 aromatic rings. The summed E-state index contributed by atoms with van der Waals surface area (Å²) in [4.78, 5) is 4.19. The van der Waals surface area contributed by atoms with Crippen molar-refractivity contribution in [1.82, 2.24) is 4.98 Å². The number of hydrogen-bond donors (Lipinski definition) is 0. The number of nitrogens with zero attached hydrogens (tertiary/aromatic N) is 1. The van der Waals surface area contributed by atoms with Crippen molar-refractivity contribution in [2.45, 2.75) is 32.1 Å². The number of hydrogen-bond acceptors (Lipinski definition) is 1. The first kappa shape index (κ1) is 9.98. The molecule has 2 rings (SSSR count). The van der Waals surface area contributed by atoms with E-state index in [1.54, 1.807) is 6.20 Å². The number of rotatable bonds is 0. The molecule has 1 aromatic heterocycles. The van der Waals surface area contributed by atoms with Crippen LogP contribution in [0.25, 0.3) is 0 Å². The van der Waals surface area contributed by atoms with E-state index in [1.165, 1.54) is 31.3 Å². The highest BCUT2D eigenvalue weighted by Crippen LogP contribution is 2.16. The Hall–Kier alpha value is -1.55. The summed E-state index contributed by atoms with van der Waals surface area (Å²) < 4.78 is 0. The third-order valence-electron chi connectivity index (χ3n) is 2.56. The van der Waals surface area contributed by atoms with E-state index in [4.69, 9.17) is 0 Å². The second-order valence-corrected chi connectivity index (χ2v) is 3.79. The lowest BCUT2D eigenvalue weighted by molar-refractivity contribution is 0.714. The largest absolute Gasteiger partial charge is 0.248 e. The van der Waals surface area contributed by atoms with Crippen molar-refractivity contribution in [3.63, 3.8) is 0 Å². The third kappa shape index (κ3) is 3.25. The van der Waals surface area contributed by atoms with E-state index >= 15 is 0 Å². The quantitative estimate of drug-likeness (QED) is 0.581. The molecule has 0 aliphatic heterocycles. The van der Waals surface area contributed by atoms with Gasteiger partial charge in [-0.15, -0.1) is 0 Å². The van der Waals surface area contributed by atoms with Crippen LogP contribution in [0.4, 0.5) is 0 Å². The van der Waals surface area contributed by atoms with Crippen LogP contribution in [0.5, 0.6) is 0 Å². The molecule has 0 saturated carbocycles. The Morgan fingerprint density at radius 1 is 1.07 bits per heavy atom. The summed E-state index contributed by atoms with van der Waals surface area (Å²) >= 11 is 0. The maximum absolute atomic E-state index is 4.19. The van der Waals surface area contributed by atoms with Crippen molar-refractivity contribution in [2.24, 2.45) is 0 Å². The molecule has 0 radical (unpaired) electrons. The smallest absolute Gasteiger partial charge is 0.113 e. The molecule has 0 bridgehead atoms. The molecular weight excluding hydrogens is 182 g/mol. The Morgan fingerprint density at radius 3 is 2.93 bits per heavy atom. The molecule has 1 heterocycles. The monoisotopic (exact) mass is 197 g/mol. The maximum Gasteiger partial charge on any atom is 0.113 e. The van der Waals surface area contributed by atoms with Crippen LogP contribution in [-0.4, -0.2) is 4.98 Å². The zero-order chi connectivity index (χ0) is 10.3. The first-order valence-electron chi connectivity index (χ1n) is 5.57. The molecule has 1 aliphatic rings. The van der Waals surface area contributed by atoms with Gasteiger partial charge in [-0.2, -0.15) is 0 Å². The zero-order valence-corrected chi connectivity index (χ0v) is 8.87. The molecule has 0 saturated heterocycles. The molecule has 15 heavy (non-hydrogen) atoms. The first-order valence-corrected chi connectivity index (χ1v) is 5.57. The third-order valence-corrected chi connectivity index (χ3v) is 2.56. The zero-order valence-electron chi connectivity index (χ0n) is 8.87. The van der Waals surface area contributed by atoms with Crippen molar-refractivity contribution in [3.05, 3.63) is 41.7 Å². The van der Waals surface area contributed by atoms with Crippen LogP contribution in [0.3, 0.4) is 0 Å². The Balaban J connectivity index is 2.07. The molecule has 0 unspecified atom stereocenters. The predicted octanol–water partition coefficient (Wildman–Crippen LogP) is 3.32. The van der Waals surface area contributed by atoms with E-state index in [1.807, 2.05) is 18.2 Å². The lowest BCUT2D eigenvalue weighted by atomic mass is 10.1. The highest BCUT2D eigenvalue weighted by atomic mass is 14.6. The first-order chi connectivity index (χ1) is 7.45. The summed E-state index contributed by atoms with van der Waals surface area (Å²) in [6, 6.07) is 5.83. The second kappa shape index (κ2) is 5.36. The van der Waals surface area contributed by atoms with Crippen LogP contribution in [-0.2, 0) is 0 Å². The topological polar surface area (TPSA) is 12.9 Å². The molecule has 1 aliphatic carbocycles. The molecule has 0 spiro atoms. The highest BCUT2D eigenvalue weighted by molar-refractivity contribution is 5.37. The van der Waals surface area contributed by atoms with Crippen LogP contribution in [0.15, 0.2) is 36.0 Å².